The lowest BCUT2D eigenvalue weighted by atomic mass is 10.2. The molecule has 0 aliphatic carbocycles. The first-order chi connectivity index (χ1) is 12.6. The number of ether oxygens (including phenoxy) is 1. The third-order valence-electron chi connectivity index (χ3n) is 3.80. The Labute approximate surface area is 155 Å². The zero-order chi connectivity index (χ0) is 18.5. The molecule has 2 N–H and O–H groups in total. The predicted molar refractivity (Wildman–Crippen MR) is 98.2 cm³/mol. The number of hydrogen-bond donors (Lipinski definition) is 2. The number of aliphatic hydroxyl groups excluding tert-OH is 1. The van der Waals surface area contributed by atoms with Crippen molar-refractivity contribution >= 4 is 23.1 Å². The van der Waals surface area contributed by atoms with Gasteiger partial charge in [0, 0.05) is 16.9 Å². The lowest BCUT2D eigenvalue weighted by Gasteiger charge is -2.13. The minimum Gasteiger partial charge on any atom is -0.487 e. The lowest BCUT2D eigenvalue weighted by Crippen LogP contribution is -2.03. The van der Waals surface area contributed by atoms with Gasteiger partial charge in [-0.15, -0.1) is 0 Å². The maximum atomic E-state index is 13.2. The molecule has 7 heteroatoms. The molecule has 26 heavy (non-hydrogen) atoms. The fourth-order valence-corrected chi connectivity index (χ4v) is 2.65. The van der Waals surface area contributed by atoms with Crippen molar-refractivity contribution in [3.63, 3.8) is 0 Å². The number of benzene rings is 2. The van der Waals surface area contributed by atoms with Gasteiger partial charge in [-0.3, -0.25) is 0 Å². The fraction of sp³-hybridized carbons (Fsp3) is 0.158. The van der Waals surface area contributed by atoms with E-state index in [1.54, 1.807) is 37.3 Å². The van der Waals surface area contributed by atoms with E-state index in [1.807, 2.05) is 0 Å². The summed E-state index contributed by atoms with van der Waals surface area (Å²) in [5.74, 6) is 0.698. The van der Waals surface area contributed by atoms with E-state index in [0.29, 0.717) is 39.1 Å². The summed E-state index contributed by atoms with van der Waals surface area (Å²) in [6.07, 6.45) is 1.43. The van der Waals surface area contributed by atoms with Gasteiger partial charge in [0.05, 0.1) is 11.6 Å². The molecule has 0 saturated heterocycles. The van der Waals surface area contributed by atoms with Gasteiger partial charge in [0.15, 0.2) is 0 Å². The zero-order valence-corrected chi connectivity index (χ0v) is 14.8. The Morgan fingerprint density at radius 1 is 1.19 bits per heavy atom. The number of nitrogens with one attached hydrogen (secondary N) is 1. The van der Waals surface area contributed by atoms with Crippen LogP contribution in [0.4, 0.5) is 15.9 Å². The van der Waals surface area contributed by atoms with Gasteiger partial charge in [0.1, 0.15) is 30.3 Å². The van der Waals surface area contributed by atoms with Crippen molar-refractivity contribution < 1.29 is 14.2 Å². The van der Waals surface area contributed by atoms with E-state index in [2.05, 4.69) is 15.3 Å². The van der Waals surface area contributed by atoms with Crippen molar-refractivity contribution in [2.75, 3.05) is 5.32 Å². The first-order valence-electron chi connectivity index (χ1n) is 7.92. The van der Waals surface area contributed by atoms with Crippen LogP contribution < -0.4 is 10.1 Å². The quantitative estimate of drug-likeness (QED) is 0.670. The Bertz CT molecular complexity index is 921. The molecule has 5 nitrogen and oxygen atoms in total. The molecule has 3 aromatic rings. The summed E-state index contributed by atoms with van der Waals surface area (Å²) in [5, 5.41) is 13.0. The first kappa shape index (κ1) is 18.1. The van der Waals surface area contributed by atoms with Gasteiger partial charge in [0.2, 0.25) is 0 Å². The molecule has 0 radical (unpaired) electrons. The van der Waals surface area contributed by atoms with Crippen LogP contribution in [0.3, 0.4) is 0 Å². The molecule has 134 valence electrons. The fourth-order valence-electron chi connectivity index (χ4n) is 2.42. The van der Waals surface area contributed by atoms with Crippen molar-refractivity contribution in [1.29, 1.82) is 0 Å². The van der Waals surface area contributed by atoms with E-state index in [4.69, 9.17) is 16.3 Å². The van der Waals surface area contributed by atoms with Gasteiger partial charge in [0.25, 0.3) is 0 Å². The Morgan fingerprint density at radius 3 is 2.77 bits per heavy atom. The van der Waals surface area contributed by atoms with Gasteiger partial charge in [-0.2, -0.15) is 0 Å². The van der Waals surface area contributed by atoms with Gasteiger partial charge in [-0.25, -0.2) is 14.4 Å². The molecule has 0 aliphatic rings. The largest absolute Gasteiger partial charge is 0.487 e. The highest BCUT2D eigenvalue weighted by molar-refractivity contribution is 6.32. The van der Waals surface area contributed by atoms with Crippen molar-refractivity contribution in [1.82, 2.24) is 9.97 Å². The highest BCUT2D eigenvalue weighted by Gasteiger charge is 2.09. The summed E-state index contributed by atoms with van der Waals surface area (Å²) in [6.45, 7) is 1.84. The average molecular weight is 374 g/mol. The molecule has 0 fully saturated rings. The van der Waals surface area contributed by atoms with Crippen molar-refractivity contribution in [2.45, 2.75) is 20.1 Å². The molecule has 0 bridgehead atoms. The smallest absolute Gasteiger partial charge is 0.139 e. The van der Waals surface area contributed by atoms with Gasteiger partial charge in [-0.05, 0) is 42.8 Å². The van der Waals surface area contributed by atoms with E-state index < -0.39 is 0 Å². The summed E-state index contributed by atoms with van der Waals surface area (Å²) < 4.78 is 18.9. The Morgan fingerprint density at radius 2 is 2.04 bits per heavy atom. The second-order valence-corrected chi connectivity index (χ2v) is 6.04. The summed E-state index contributed by atoms with van der Waals surface area (Å²) in [4.78, 5) is 8.21. The lowest BCUT2D eigenvalue weighted by molar-refractivity contribution is 0.280. The molecule has 0 amide bonds. The van der Waals surface area contributed by atoms with Crippen molar-refractivity contribution in [3.8, 4) is 5.75 Å². The van der Waals surface area contributed by atoms with E-state index in [1.165, 1.54) is 18.5 Å². The molecule has 1 aromatic heterocycles. The Balaban J connectivity index is 1.72. The SMILES string of the molecule is Cc1ncnc(Nc2ccc(OCc3cccc(F)c3)c(Cl)c2)c1CO. The van der Waals surface area contributed by atoms with Crippen LogP contribution in [0.15, 0.2) is 48.8 Å². The minimum absolute atomic E-state index is 0.169. The number of anilines is 2. The number of hydrogen-bond acceptors (Lipinski definition) is 5. The van der Waals surface area contributed by atoms with Crippen LogP contribution in [-0.4, -0.2) is 15.1 Å². The molecular weight excluding hydrogens is 357 g/mol. The van der Waals surface area contributed by atoms with Crippen LogP contribution in [-0.2, 0) is 13.2 Å². The monoisotopic (exact) mass is 373 g/mol. The molecule has 0 aliphatic heterocycles. The normalized spacial score (nSPS) is 10.6. The summed E-state index contributed by atoms with van der Waals surface area (Å²) >= 11 is 6.28. The highest BCUT2D eigenvalue weighted by atomic mass is 35.5. The number of nitrogens with zero attached hydrogens (tertiary/aromatic N) is 2. The second-order valence-electron chi connectivity index (χ2n) is 5.63. The number of aromatic nitrogens is 2. The van der Waals surface area contributed by atoms with Crippen LogP contribution in [0.25, 0.3) is 0 Å². The van der Waals surface area contributed by atoms with Crippen LogP contribution >= 0.6 is 11.6 Å². The minimum atomic E-state index is -0.309. The van der Waals surface area contributed by atoms with Crippen LogP contribution in [0, 0.1) is 12.7 Å². The molecule has 0 unspecified atom stereocenters. The maximum Gasteiger partial charge on any atom is 0.139 e. The average Bonchev–Trinajstić information content (AvgIpc) is 2.61. The summed E-state index contributed by atoms with van der Waals surface area (Å²) in [5.41, 5.74) is 2.73. The molecule has 2 aromatic carbocycles. The van der Waals surface area contributed by atoms with Gasteiger partial charge < -0.3 is 15.2 Å². The van der Waals surface area contributed by atoms with Crippen LogP contribution in [0.2, 0.25) is 5.02 Å². The molecular formula is C19H17ClFN3O2. The van der Waals surface area contributed by atoms with Crippen LogP contribution in [0.1, 0.15) is 16.8 Å². The summed E-state index contributed by atoms with van der Waals surface area (Å²) in [7, 11) is 0. The molecule has 0 atom stereocenters. The first-order valence-corrected chi connectivity index (χ1v) is 8.30. The molecule has 0 saturated carbocycles. The number of aliphatic hydroxyl groups is 1. The van der Waals surface area contributed by atoms with E-state index in [-0.39, 0.29) is 19.0 Å². The summed E-state index contributed by atoms with van der Waals surface area (Å²) in [6, 6.07) is 11.4. The Kier molecular flexibility index (Phi) is 5.65. The Hall–Kier alpha value is -2.70. The van der Waals surface area contributed by atoms with Crippen molar-refractivity contribution in [2.24, 2.45) is 0 Å². The predicted octanol–water partition coefficient (Wildman–Crippen LogP) is 4.39. The third-order valence-corrected chi connectivity index (χ3v) is 4.09. The third kappa shape index (κ3) is 4.28. The van der Waals surface area contributed by atoms with Crippen LogP contribution in [0.5, 0.6) is 5.75 Å². The molecule has 3 rings (SSSR count). The van der Waals surface area contributed by atoms with Gasteiger partial charge in [-0.1, -0.05) is 23.7 Å². The van der Waals surface area contributed by atoms with Crippen molar-refractivity contribution in [3.05, 3.63) is 76.5 Å². The highest BCUT2D eigenvalue weighted by Crippen LogP contribution is 2.30. The molecule has 0 spiro atoms. The van der Waals surface area contributed by atoms with E-state index in [0.717, 1.165) is 0 Å². The topological polar surface area (TPSA) is 67.3 Å². The van der Waals surface area contributed by atoms with E-state index >= 15 is 0 Å². The second kappa shape index (κ2) is 8.12. The van der Waals surface area contributed by atoms with E-state index in [9.17, 15) is 9.50 Å². The molecule has 1 heterocycles. The van der Waals surface area contributed by atoms with Gasteiger partial charge >= 0.3 is 0 Å². The maximum absolute atomic E-state index is 13.2. The number of halogens is 2. The number of rotatable bonds is 6. The zero-order valence-electron chi connectivity index (χ0n) is 14.0. The number of aryl methyl sites for hydroxylation is 1. The standard InChI is InChI=1S/C19H17ClFN3O2/c1-12-16(9-25)19(23-11-22-12)24-15-5-6-18(17(20)8-15)26-10-13-3-2-4-14(21)7-13/h2-8,11,25H,9-10H2,1H3,(H,22,23,24).